The number of nitrogens with one attached hydrogen (secondary N) is 1. The number of carboxylic acid groups (broad SMARTS) is 1. The van der Waals surface area contributed by atoms with Gasteiger partial charge >= 0.3 is 11.9 Å². The van der Waals surface area contributed by atoms with Crippen LogP contribution in [0.4, 0.5) is 0 Å². The van der Waals surface area contributed by atoms with Crippen LogP contribution in [0.25, 0.3) is 0 Å². The van der Waals surface area contributed by atoms with E-state index >= 15 is 0 Å². The van der Waals surface area contributed by atoms with E-state index in [-0.39, 0.29) is 6.42 Å². The minimum Gasteiger partial charge on any atom is -0.480 e. The molecule has 0 saturated heterocycles. The summed E-state index contributed by atoms with van der Waals surface area (Å²) in [6.45, 7) is 5.32. The van der Waals surface area contributed by atoms with Crippen LogP contribution in [-0.2, 0) is 16.0 Å². The molecule has 1 unspecified atom stereocenters. The summed E-state index contributed by atoms with van der Waals surface area (Å²) in [6.07, 6.45) is 0.0985. The van der Waals surface area contributed by atoms with Crippen LogP contribution in [0.3, 0.4) is 0 Å². The first-order chi connectivity index (χ1) is 9.24. The Labute approximate surface area is 117 Å². The van der Waals surface area contributed by atoms with Crippen LogP contribution < -0.4 is 11.3 Å². The van der Waals surface area contributed by atoms with Crippen molar-refractivity contribution < 1.29 is 19.4 Å². The fourth-order valence-corrected chi connectivity index (χ4v) is 1.67. The van der Waals surface area contributed by atoms with Crippen molar-refractivity contribution in [3.63, 3.8) is 0 Å². The molecule has 1 aromatic rings. The molecule has 6 nitrogen and oxygen atoms in total. The predicted molar refractivity (Wildman–Crippen MR) is 74.1 cm³/mol. The number of ether oxygens (including phenoxy) is 1. The minimum atomic E-state index is -1.08. The zero-order chi connectivity index (χ0) is 15.3. The van der Waals surface area contributed by atoms with Gasteiger partial charge in [0.05, 0.1) is 5.56 Å². The third kappa shape index (κ3) is 4.64. The average Bonchev–Trinajstić information content (AvgIpc) is 2.33. The maximum absolute atomic E-state index is 12.1. The Morgan fingerprint density at radius 1 is 1.35 bits per heavy atom. The van der Waals surface area contributed by atoms with E-state index in [0.717, 1.165) is 0 Å². The number of hydrazine groups is 1. The van der Waals surface area contributed by atoms with Crippen molar-refractivity contribution >= 4 is 11.9 Å². The maximum atomic E-state index is 12.1. The highest BCUT2D eigenvalue weighted by Gasteiger charge is 2.23. The third-order valence-corrected chi connectivity index (χ3v) is 2.56. The van der Waals surface area contributed by atoms with Crippen LogP contribution in [-0.4, -0.2) is 28.7 Å². The topological polar surface area (TPSA) is 102 Å². The number of esters is 1. The quantitative estimate of drug-likeness (QED) is 0.424. The summed E-state index contributed by atoms with van der Waals surface area (Å²) in [7, 11) is 0. The molecular formula is C14H20N2O4. The normalized spacial score (nSPS) is 12.8. The van der Waals surface area contributed by atoms with E-state index in [1.165, 1.54) is 0 Å². The molecule has 0 bridgehead atoms. The molecule has 0 saturated carbocycles. The molecule has 20 heavy (non-hydrogen) atoms. The number of benzene rings is 1. The molecule has 0 heterocycles. The second kappa shape index (κ2) is 6.49. The molecule has 0 aliphatic rings. The van der Waals surface area contributed by atoms with Gasteiger partial charge in [0.1, 0.15) is 11.6 Å². The zero-order valence-corrected chi connectivity index (χ0v) is 11.8. The van der Waals surface area contributed by atoms with Crippen molar-refractivity contribution in [2.24, 2.45) is 5.84 Å². The van der Waals surface area contributed by atoms with E-state index in [9.17, 15) is 9.59 Å². The van der Waals surface area contributed by atoms with Crippen molar-refractivity contribution in [2.45, 2.75) is 38.8 Å². The molecule has 0 radical (unpaired) electrons. The Bertz CT molecular complexity index is 494. The van der Waals surface area contributed by atoms with Gasteiger partial charge in [-0.2, -0.15) is 0 Å². The molecular weight excluding hydrogens is 260 g/mol. The van der Waals surface area contributed by atoms with E-state index in [4.69, 9.17) is 15.7 Å². The van der Waals surface area contributed by atoms with Gasteiger partial charge < -0.3 is 9.84 Å². The van der Waals surface area contributed by atoms with Gasteiger partial charge in [0.15, 0.2) is 0 Å². The van der Waals surface area contributed by atoms with Gasteiger partial charge in [0.2, 0.25) is 0 Å². The number of nitrogens with two attached hydrogens (primary N) is 1. The second-order valence-corrected chi connectivity index (χ2v) is 5.42. The SMILES string of the molecule is CC(C)(C)OC(=O)c1ccccc1CC(NN)C(=O)O. The van der Waals surface area contributed by atoms with Crippen molar-refractivity contribution in [1.82, 2.24) is 5.43 Å². The lowest BCUT2D eigenvalue weighted by Crippen LogP contribution is -2.43. The molecule has 110 valence electrons. The van der Waals surface area contributed by atoms with Gasteiger partial charge in [0, 0.05) is 6.42 Å². The lowest BCUT2D eigenvalue weighted by molar-refractivity contribution is -0.139. The van der Waals surface area contributed by atoms with Crippen molar-refractivity contribution in [3.8, 4) is 0 Å². The summed E-state index contributed by atoms with van der Waals surface area (Å²) >= 11 is 0. The van der Waals surface area contributed by atoms with Crippen molar-refractivity contribution in [3.05, 3.63) is 35.4 Å². The summed E-state index contributed by atoms with van der Waals surface area (Å²) in [4.78, 5) is 23.1. The third-order valence-electron chi connectivity index (χ3n) is 2.56. The van der Waals surface area contributed by atoms with Gasteiger partial charge in [-0.1, -0.05) is 18.2 Å². The van der Waals surface area contributed by atoms with Crippen molar-refractivity contribution in [1.29, 1.82) is 0 Å². The molecule has 0 fully saturated rings. The number of hydrogen-bond donors (Lipinski definition) is 3. The van der Waals surface area contributed by atoms with Crippen LogP contribution in [0.2, 0.25) is 0 Å². The Balaban J connectivity index is 2.99. The van der Waals surface area contributed by atoms with E-state index in [1.807, 2.05) is 0 Å². The zero-order valence-electron chi connectivity index (χ0n) is 11.8. The number of carbonyl (C=O) groups is 2. The molecule has 0 aromatic heterocycles. The highest BCUT2D eigenvalue weighted by Crippen LogP contribution is 2.17. The summed E-state index contributed by atoms with van der Waals surface area (Å²) in [5.74, 6) is 3.65. The summed E-state index contributed by atoms with van der Waals surface area (Å²) in [5.41, 5.74) is 2.53. The first-order valence-corrected chi connectivity index (χ1v) is 6.25. The fraction of sp³-hybridized carbons (Fsp3) is 0.429. The fourth-order valence-electron chi connectivity index (χ4n) is 1.67. The number of rotatable bonds is 5. The van der Waals surface area contributed by atoms with Crippen LogP contribution >= 0.6 is 0 Å². The molecule has 0 aliphatic carbocycles. The number of carbonyl (C=O) groups excluding carboxylic acids is 1. The van der Waals surface area contributed by atoms with Gasteiger partial charge in [-0.3, -0.25) is 10.6 Å². The van der Waals surface area contributed by atoms with E-state index in [1.54, 1.807) is 45.0 Å². The molecule has 0 aliphatic heterocycles. The highest BCUT2D eigenvalue weighted by atomic mass is 16.6. The first kappa shape index (κ1) is 16.1. The molecule has 0 spiro atoms. The Hall–Kier alpha value is -1.92. The number of hydrogen-bond acceptors (Lipinski definition) is 5. The largest absolute Gasteiger partial charge is 0.480 e. The number of aliphatic carboxylic acids is 1. The van der Waals surface area contributed by atoms with Crippen molar-refractivity contribution in [2.75, 3.05) is 0 Å². The second-order valence-electron chi connectivity index (χ2n) is 5.42. The minimum absolute atomic E-state index is 0.0985. The maximum Gasteiger partial charge on any atom is 0.338 e. The van der Waals surface area contributed by atoms with Gasteiger partial charge in [-0.25, -0.2) is 10.2 Å². The van der Waals surface area contributed by atoms with Crippen LogP contribution in [0.1, 0.15) is 36.7 Å². The molecule has 0 amide bonds. The summed E-state index contributed by atoms with van der Waals surface area (Å²) in [5, 5.41) is 8.99. The Kier molecular flexibility index (Phi) is 5.24. The Morgan fingerprint density at radius 2 is 1.95 bits per heavy atom. The van der Waals surface area contributed by atoms with Crippen LogP contribution in [0.5, 0.6) is 0 Å². The number of carboxylic acids is 1. The van der Waals surface area contributed by atoms with E-state index < -0.39 is 23.6 Å². The average molecular weight is 280 g/mol. The molecule has 1 rings (SSSR count). The predicted octanol–water partition coefficient (Wildman–Crippen LogP) is 1.10. The van der Waals surface area contributed by atoms with Gasteiger partial charge in [-0.15, -0.1) is 0 Å². The summed E-state index contributed by atoms with van der Waals surface area (Å²) < 4.78 is 5.30. The standard InChI is InChI=1S/C14H20N2O4/c1-14(2,3)20-13(19)10-7-5-4-6-9(10)8-11(16-15)12(17)18/h4-7,11,16H,8,15H2,1-3H3,(H,17,18). The van der Waals surface area contributed by atoms with Crippen LogP contribution in [0, 0.1) is 0 Å². The van der Waals surface area contributed by atoms with Gasteiger partial charge in [-0.05, 0) is 32.4 Å². The van der Waals surface area contributed by atoms with Crippen LogP contribution in [0.15, 0.2) is 24.3 Å². The summed E-state index contributed by atoms with van der Waals surface area (Å²) in [6, 6.07) is 5.77. The Morgan fingerprint density at radius 3 is 2.45 bits per heavy atom. The van der Waals surface area contributed by atoms with E-state index in [2.05, 4.69) is 5.43 Å². The first-order valence-electron chi connectivity index (χ1n) is 6.25. The molecule has 1 aromatic carbocycles. The highest BCUT2D eigenvalue weighted by molar-refractivity contribution is 5.91. The monoisotopic (exact) mass is 280 g/mol. The van der Waals surface area contributed by atoms with E-state index in [0.29, 0.717) is 11.1 Å². The lowest BCUT2D eigenvalue weighted by Gasteiger charge is -2.21. The molecule has 1 atom stereocenters. The molecule has 4 N–H and O–H groups in total. The lowest BCUT2D eigenvalue weighted by atomic mass is 10.0. The van der Waals surface area contributed by atoms with Gasteiger partial charge in [0.25, 0.3) is 0 Å². The molecule has 6 heteroatoms. The smallest absolute Gasteiger partial charge is 0.338 e.